The average Bonchev–Trinajstić information content (AvgIpc) is 3.05. The van der Waals surface area contributed by atoms with Gasteiger partial charge in [0.1, 0.15) is 23.3 Å². The molecule has 0 bridgehead atoms. The summed E-state index contributed by atoms with van der Waals surface area (Å²) in [5.74, 6) is -0.955. The number of ether oxygens (including phenoxy) is 3. The second-order valence-electron chi connectivity index (χ2n) is 6.30. The maximum absolute atomic E-state index is 12.5. The quantitative estimate of drug-likeness (QED) is 0.551. The zero-order valence-electron chi connectivity index (χ0n) is 16.0. The van der Waals surface area contributed by atoms with Gasteiger partial charge in [-0.25, -0.2) is 4.79 Å². The van der Waals surface area contributed by atoms with Gasteiger partial charge in [0.25, 0.3) is 5.91 Å². The molecule has 2 aromatic carbocycles. The van der Waals surface area contributed by atoms with E-state index >= 15 is 0 Å². The number of allylic oxidation sites excluding steroid dienone is 1. The van der Waals surface area contributed by atoms with Crippen LogP contribution in [0.5, 0.6) is 17.2 Å². The van der Waals surface area contributed by atoms with Crippen LogP contribution in [0.15, 0.2) is 48.2 Å². The molecule has 9 nitrogen and oxygen atoms in total. The second-order valence-corrected chi connectivity index (χ2v) is 6.30. The van der Waals surface area contributed by atoms with Crippen LogP contribution in [0.4, 0.5) is 0 Å². The normalized spacial score (nSPS) is 14.6. The smallest absolute Gasteiger partial charge is 0.328 e. The van der Waals surface area contributed by atoms with E-state index in [1.54, 1.807) is 37.5 Å². The van der Waals surface area contributed by atoms with Crippen LogP contribution in [0.3, 0.4) is 0 Å². The molecule has 2 aromatic rings. The van der Waals surface area contributed by atoms with Crippen LogP contribution in [0.1, 0.15) is 15.9 Å². The lowest BCUT2D eigenvalue weighted by atomic mass is 10.1. The van der Waals surface area contributed by atoms with E-state index in [1.165, 1.54) is 18.2 Å². The van der Waals surface area contributed by atoms with Gasteiger partial charge in [0, 0.05) is 6.07 Å². The van der Waals surface area contributed by atoms with Gasteiger partial charge in [-0.2, -0.15) is 0 Å². The van der Waals surface area contributed by atoms with Gasteiger partial charge in [0.05, 0.1) is 19.3 Å². The number of methoxy groups -OCH3 is 1. The van der Waals surface area contributed by atoms with Gasteiger partial charge in [-0.05, 0) is 35.9 Å². The van der Waals surface area contributed by atoms with E-state index in [1.807, 2.05) is 0 Å². The fraction of sp³-hybridized carbons (Fsp3) is 0.190. The van der Waals surface area contributed by atoms with Gasteiger partial charge in [-0.15, -0.1) is 0 Å². The molecule has 3 rings (SSSR count). The molecule has 0 radical (unpaired) electrons. The lowest BCUT2D eigenvalue weighted by Gasteiger charge is -2.12. The molecule has 0 saturated carbocycles. The fourth-order valence-electron chi connectivity index (χ4n) is 2.68. The number of aliphatic hydroxyl groups is 1. The molecule has 156 valence electrons. The first kappa shape index (κ1) is 20.9. The number of rotatable bonds is 8. The standard InChI is InChI=1S/C21H19NO8/c1-28-13-4-2-12(3-5-13)8-18-20(25)15-7-6-14(9-17(15)30-18)29-11-19(24)22-16(10-23)21(26)27/h2-9,16,23H,10-11H2,1H3,(H,22,24)(H,26,27)/t16-/m0/s1. The number of ketones is 1. The first-order chi connectivity index (χ1) is 14.4. The van der Waals surface area contributed by atoms with Gasteiger partial charge < -0.3 is 29.7 Å². The highest BCUT2D eigenvalue weighted by atomic mass is 16.5. The minimum Gasteiger partial charge on any atom is -0.497 e. The Bertz CT molecular complexity index is 997. The first-order valence-corrected chi connectivity index (χ1v) is 8.89. The number of hydrogen-bond donors (Lipinski definition) is 3. The highest BCUT2D eigenvalue weighted by Gasteiger charge is 2.28. The number of aliphatic carboxylic acids is 1. The molecule has 1 heterocycles. The third-order valence-corrected chi connectivity index (χ3v) is 4.24. The average molecular weight is 413 g/mol. The van der Waals surface area contributed by atoms with E-state index in [9.17, 15) is 14.4 Å². The van der Waals surface area contributed by atoms with Crippen molar-refractivity contribution in [3.63, 3.8) is 0 Å². The molecule has 1 aliphatic heterocycles. The largest absolute Gasteiger partial charge is 0.497 e. The summed E-state index contributed by atoms with van der Waals surface area (Å²) in [6.07, 6.45) is 1.61. The van der Waals surface area contributed by atoms with Gasteiger partial charge >= 0.3 is 5.97 Å². The molecule has 0 aromatic heterocycles. The molecule has 1 amide bonds. The van der Waals surface area contributed by atoms with Gasteiger partial charge in [0.2, 0.25) is 5.78 Å². The number of carboxylic acids is 1. The van der Waals surface area contributed by atoms with Gasteiger partial charge in [-0.1, -0.05) is 12.1 Å². The molecule has 3 N–H and O–H groups in total. The van der Waals surface area contributed by atoms with Crippen LogP contribution >= 0.6 is 0 Å². The van der Waals surface area contributed by atoms with Crippen LogP contribution in [0.25, 0.3) is 6.08 Å². The molecule has 0 aliphatic carbocycles. The Kier molecular flexibility index (Phi) is 6.33. The number of hydrogen-bond acceptors (Lipinski definition) is 7. The third-order valence-electron chi connectivity index (χ3n) is 4.24. The number of aliphatic hydroxyl groups excluding tert-OH is 1. The van der Waals surface area contributed by atoms with E-state index < -0.39 is 31.1 Å². The molecule has 0 saturated heterocycles. The topological polar surface area (TPSA) is 131 Å². The van der Waals surface area contributed by atoms with Crippen LogP contribution in [0, 0.1) is 0 Å². The summed E-state index contributed by atoms with van der Waals surface area (Å²) in [6, 6.07) is 10.2. The summed E-state index contributed by atoms with van der Waals surface area (Å²) < 4.78 is 16.1. The minimum absolute atomic E-state index is 0.150. The molecule has 9 heteroatoms. The fourth-order valence-corrected chi connectivity index (χ4v) is 2.68. The Hall–Kier alpha value is -3.85. The first-order valence-electron chi connectivity index (χ1n) is 8.89. The molecule has 0 unspecified atom stereocenters. The van der Waals surface area contributed by atoms with E-state index in [4.69, 9.17) is 24.4 Å². The molecule has 0 fully saturated rings. The number of amides is 1. The highest BCUT2D eigenvalue weighted by Crippen LogP contribution is 2.35. The van der Waals surface area contributed by atoms with Crippen molar-refractivity contribution in [3.05, 3.63) is 59.4 Å². The summed E-state index contributed by atoms with van der Waals surface area (Å²) in [4.78, 5) is 35.1. The Labute approximate surface area is 171 Å². The zero-order chi connectivity index (χ0) is 21.7. The Morgan fingerprint density at radius 1 is 1.17 bits per heavy atom. The molecule has 0 spiro atoms. The Morgan fingerprint density at radius 3 is 2.50 bits per heavy atom. The van der Waals surface area contributed by atoms with E-state index in [-0.39, 0.29) is 23.0 Å². The molecular weight excluding hydrogens is 394 g/mol. The van der Waals surface area contributed by atoms with Crippen molar-refractivity contribution in [1.82, 2.24) is 5.32 Å². The maximum atomic E-state index is 12.5. The molecule has 1 atom stereocenters. The van der Waals surface area contributed by atoms with E-state index in [0.29, 0.717) is 11.3 Å². The minimum atomic E-state index is -1.41. The lowest BCUT2D eigenvalue weighted by molar-refractivity contribution is -0.143. The third kappa shape index (κ3) is 4.76. The van der Waals surface area contributed by atoms with Crippen LogP contribution in [-0.2, 0) is 9.59 Å². The van der Waals surface area contributed by atoms with Crippen molar-refractivity contribution in [2.45, 2.75) is 6.04 Å². The monoisotopic (exact) mass is 413 g/mol. The molecule has 30 heavy (non-hydrogen) atoms. The highest BCUT2D eigenvalue weighted by molar-refractivity contribution is 6.14. The van der Waals surface area contributed by atoms with Crippen molar-refractivity contribution >= 4 is 23.7 Å². The number of carbonyl (C=O) groups excluding carboxylic acids is 2. The second kappa shape index (κ2) is 9.10. The summed E-state index contributed by atoms with van der Waals surface area (Å²) in [5.41, 5.74) is 1.12. The van der Waals surface area contributed by atoms with E-state index in [0.717, 1.165) is 5.56 Å². The van der Waals surface area contributed by atoms with Crippen molar-refractivity contribution in [2.24, 2.45) is 0 Å². The Morgan fingerprint density at radius 2 is 1.87 bits per heavy atom. The van der Waals surface area contributed by atoms with Crippen molar-refractivity contribution in [1.29, 1.82) is 0 Å². The number of fused-ring (bicyclic) bond motifs is 1. The number of carbonyl (C=O) groups is 3. The maximum Gasteiger partial charge on any atom is 0.328 e. The number of benzene rings is 2. The Balaban J connectivity index is 1.65. The summed E-state index contributed by atoms with van der Waals surface area (Å²) in [7, 11) is 1.56. The number of Topliss-reactive ketones (excluding diaryl/α,β-unsaturated/α-hetero) is 1. The van der Waals surface area contributed by atoms with Crippen LogP contribution < -0.4 is 19.5 Å². The van der Waals surface area contributed by atoms with E-state index in [2.05, 4.69) is 5.32 Å². The summed E-state index contributed by atoms with van der Waals surface area (Å²) >= 11 is 0. The van der Waals surface area contributed by atoms with Gasteiger partial charge in [-0.3, -0.25) is 9.59 Å². The lowest BCUT2D eigenvalue weighted by Crippen LogP contribution is -2.45. The van der Waals surface area contributed by atoms with Crippen LogP contribution in [0.2, 0.25) is 0 Å². The molecular formula is C21H19NO8. The van der Waals surface area contributed by atoms with Crippen molar-refractivity contribution < 1.29 is 38.8 Å². The van der Waals surface area contributed by atoms with Gasteiger partial charge in [0.15, 0.2) is 12.4 Å². The SMILES string of the molecule is COc1ccc(C=C2Oc3cc(OCC(=O)N[C@@H](CO)C(=O)O)ccc3C2=O)cc1. The number of nitrogens with one attached hydrogen (secondary N) is 1. The molecule has 1 aliphatic rings. The summed E-state index contributed by atoms with van der Waals surface area (Å²) in [5, 5.41) is 19.9. The zero-order valence-corrected chi connectivity index (χ0v) is 16.0. The number of carboxylic acid groups (broad SMARTS) is 1. The summed E-state index contributed by atoms with van der Waals surface area (Å²) in [6.45, 7) is -1.20. The van der Waals surface area contributed by atoms with Crippen LogP contribution in [-0.4, -0.2) is 54.2 Å². The van der Waals surface area contributed by atoms with Crippen molar-refractivity contribution in [3.8, 4) is 17.2 Å². The predicted octanol–water partition coefficient (Wildman–Crippen LogP) is 1.25. The van der Waals surface area contributed by atoms with Crippen molar-refractivity contribution in [2.75, 3.05) is 20.3 Å². The predicted molar refractivity (Wildman–Crippen MR) is 105 cm³/mol.